The van der Waals surface area contributed by atoms with E-state index < -0.39 is 0 Å². The standard InChI is InChI=1S/C18H30O2/c1-20-18-9-8-16-15-4-2-11-10-12(19)3-5-13(11)14(15)6-7-17(16)18/h11-19H,2-10H2,1H3/t11?,12-,13?,14-,15?,16+,17?,18?/m1/s1. The van der Waals surface area contributed by atoms with Crippen molar-refractivity contribution in [2.75, 3.05) is 7.11 Å². The highest BCUT2D eigenvalue weighted by molar-refractivity contribution is 5.01. The van der Waals surface area contributed by atoms with E-state index >= 15 is 0 Å². The summed E-state index contributed by atoms with van der Waals surface area (Å²) in [6.45, 7) is 0. The van der Waals surface area contributed by atoms with Crippen LogP contribution in [-0.2, 0) is 4.74 Å². The third-order valence-corrected chi connectivity index (χ3v) is 7.48. The van der Waals surface area contributed by atoms with Gasteiger partial charge in [-0.05, 0) is 93.3 Å². The molecule has 2 nitrogen and oxygen atoms in total. The van der Waals surface area contributed by atoms with Crippen molar-refractivity contribution >= 4 is 0 Å². The molecular weight excluding hydrogens is 248 g/mol. The quantitative estimate of drug-likeness (QED) is 0.793. The molecule has 4 aliphatic rings. The van der Waals surface area contributed by atoms with Gasteiger partial charge in [-0.25, -0.2) is 0 Å². The van der Waals surface area contributed by atoms with Crippen LogP contribution in [0.15, 0.2) is 0 Å². The highest BCUT2D eigenvalue weighted by atomic mass is 16.5. The Morgan fingerprint density at radius 1 is 0.700 bits per heavy atom. The summed E-state index contributed by atoms with van der Waals surface area (Å²) >= 11 is 0. The Morgan fingerprint density at radius 2 is 1.30 bits per heavy atom. The van der Waals surface area contributed by atoms with E-state index in [4.69, 9.17) is 4.74 Å². The Hall–Kier alpha value is -0.0800. The third-order valence-electron chi connectivity index (χ3n) is 7.48. The topological polar surface area (TPSA) is 29.5 Å². The monoisotopic (exact) mass is 278 g/mol. The first-order valence-corrected chi connectivity index (χ1v) is 8.98. The van der Waals surface area contributed by atoms with Gasteiger partial charge in [0.25, 0.3) is 0 Å². The van der Waals surface area contributed by atoms with E-state index in [0.29, 0.717) is 6.10 Å². The van der Waals surface area contributed by atoms with Gasteiger partial charge >= 0.3 is 0 Å². The fraction of sp³-hybridized carbons (Fsp3) is 1.00. The fourth-order valence-electron chi connectivity index (χ4n) is 6.73. The second-order valence-electron chi connectivity index (χ2n) is 8.05. The summed E-state index contributed by atoms with van der Waals surface area (Å²) in [4.78, 5) is 0. The molecule has 0 heterocycles. The van der Waals surface area contributed by atoms with E-state index in [0.717, 1.165) is 48.3 Å². The zero-order chi connectivity index (χ0) is 13.7. The molecule has 0 aromatic carbocycles. The van der Waals surface area contributed by atoms with E-state index in [-0.39, 0.29) is 6.10 Å². The SMILES string of the molecule is COC1CC[C@@H]2C1CC[C@@H]1C3CC[C@@H](O)CC3CCC12. The minimum atomic E-state index is 0.00786. The lowest BCUT2D eigenvalue weighted by molar-refractivity contribution is -0.0608. The molecule has 2 heteroatoms. The van der Waals surface area contributed by atoms with E-state index in [1.54, 1.807) is 0 Å². The van der Waals surface area contributed by atoms with E-state index in [2.05, 4.69) is 0 Å². The molecule has 0 amide bonds. The molecule has 4 saturated carbocycles. The van der Waals surface area contributed by atoms with Gasteiger partial charge in [-0.15, -0.1) is 0 Å². The molecule has 5 unspecified atom stereocenters. The summed E-state index contributed by atoms with van der Waals surface area (Å²) in [7, 11) is 1.92. The maximum Gasteiger partial charge on any atom is 0.0602 e. The first kappa shape index (κ1) is 13.6. The molecule has 0 saturated heterocycles. The van der Waals surface area contributed by atoms with Gasteiger partial charge in [0.05, 0.1) is 12.2 Å². The lowest BCUT2D eigenvalue weighted by Gasteiger charge is -2.52. The number of ether oxygens (including phenoxy) is 1. The van der Waals surface area contributed by atoms with Gasteiger partial charge in [0, 0.05) is 7.11 Å². The van der Waals surface area contributed by atoms with Gasteiger partial charge in [-0.3, -0.25) is 0 Å². The van der Waals surface area contributed by atoms with Crippen LogP contribution in [-0.4, -0.2) is 24.4 Å². The van der Waals surface area contributed by atoms with Crippen molar-refractivity contribution in [1.82, 2.24) is 0 Å². The lowest BCUT2D eigenvalue weighted by atomic mass is 9.53. The number of fused-ring (bicyclic) bond motifs is 5. The summed E-state index contributed by atoms with van der Waals surface area (Å²) in [6, 6.07) is 0. The Bertz CT molecular complexity index is 353. The average Bonchev–Trinajstić information content (AvgIpc) is 2.89. The van der Waals surface area contributed by atoms with Crippen LogP contribution >= 0.6 is 0 Å². The number of hydrogen-bond donors (Lipinski definition) is 1. The molecule has 8 atom stereocenters. The van der Waals surface area contributed by atoms with E-state index in [1.165, 1.54) is 44.9 Å². The minimum absolute atomic E-state index is 0.00786. The molecule has 0 aromatic rings. The molecule has 0 aliphatic heterocycles. The number of aliphatic hydroxyl groups is 1. The molecular formula is C18H30O2. The molecule has 4 aliphatic carbocycles. The Balaban J connectivity index is 1.51. The molecule has 0 bridgehead atoms. The fourth-order valence-corrected chi connectivity index (χ4v) is 6.73. The second kappa shape index (κ2) is 5.28. The van der Waals surface area contributed by atoms with Crippen molar-refractivity contribution in [3.8, 4) is 0 Å². The summed E-state index contributed by atoms with van der Waals surface area (Å²) in [5.41, 5.74) is 0. The first-order chi connectivity index (χ1) is 9.78. The van der Waals surface area contributed by atoms with Crippen molar-refractivity contribution in [3.05, 3.63) is 0 Å². The Kier molecular flexibility index (Phi) is 3.58. The van der Waals surface area contributed by atoms with E-state index in [9.17, 15) is 5.11 Å². The first-order valence-electron chi connectivity index (χ1n) is 8.98. The molecule has 0 radical (unpaired) electrons. The van der Waals surface area contributed by atoms with Crippen LogP contribution in [0.4, 0.5) is 0 Å². The van der Waals surface area contributed by atoms with Gasteiger partial charge in [0.15, 0.2) is 0 Å². The van der Waals surface area contributed by atoms with Crippen LogP contribution < -0.4 is 0 Å². The zero-order valence-corrected chi connectivity index (χ0v) is 12.8. The Labute approximate surface area is 123 Å². The van der Waals surface area contributed by atoms with Crippen LogP contribution in [0.5, 0.6) is 0 Å². The van der Waals surface area contributed by atoms with Gasteiger partial charge < -0.3 is 9.84 Å². The number of rotatable bonds is 1. The highest BCUT2D eigenvalue weighted by Crippen LogP contribution is 2.58. The third kappa shape index (κ3) is 2.06. The maximum absolute atomic E-state index is 9.94. The molecule has 114 valence electrons. The zero-order valence-electron chi connectivity index (χ0n) is 12.8. The predicted molar refractivity (Wildman–Crippen MR) is 79.3 cm³/mol. The average molecular weight is 278 g/mol. The van der Waals surface area contributed by atoms with Gasteiger partial charge in [0.1, 0.15) is 0 Å². The number of methoxy groups -OCH3 is 1. The van der Waals surface area contributed by atoms with Crippen molar-refractivity contribution in [1.29, 1.82) is 0 Å². The smallest absolute Gasteiger partial charge is 0.0602 e. The predicted octanol–water partition coefficient (Wildman–Crippen LogP) is 3.62. The van der Waals surface area contributed by atoms with Crippen molar-refractivity contribution < 1.29 is 9.84 Å². The van der Waals surface area contributed by atoms with Crippen LogP contribution in [0, 0.1) is 35.5 Å². The van der Waals surface area contributed by atoms with Crippen LogP contribution in [0.1, 0.15) is 57.8 Å². The van der Waals surface area contributed by atoms with Gasteiger partial charge in [-0.2, -0.15) is 0 Å². The summed E-state index contributed by atoms with van der Waals surface area (Å²) in [5.74, 6) is 5.60. The van der Waals surface area contributed by atoms with Crippen molar-refractivity contribution in [3.63, 3.8) is 0 Å². The molecule has 4 fully saturated rings. The number of hydrogen-bond acceptors (Lipinski definition) is 2. The molecule has 0 aromatic heterocycles. The lowest BCUT2D eigenvalue weighted by Crippen LogP contribution is -2.46. The summed E-state index contributed by atoms with van der Waals surface area (Å²) in [6.07, 6.45) is 12.5. The van der Waals surface area contributed by atoms with Gasteiger partial charge in [-0.1, -0.05) is 0 Å². The normalized spacial score (nSPS) is 54.9. The van der Waals surface area contributed by atoms with Gasteiger partial charge in [0.2, 0.25) is 0 Å². The van der Waals surface area contributed by atoms with Crippen LogP contribution in [0.2, 0.25) is 0 Å². The van der Waals surface area contributed by atoms with Crippen molar-refractivity contribution in [2.45, 2.75) is 70.0 Å². The molecule has 0 spiro atoms. The van der Waals surface area contributed by atoms with E-state index in [1.807, 2.05) is 7.11 Å². The van der Waals surface area contributed by atoms with Crippen molar-refractivity contribution in [2.24, 2.45) is 35.5 Å². The highest BCUT2D eigenvalue weighted by Gasteiger charge is 2.51. The van der Waals surface area contributed by atoms with Crippen LogP contribution in [0.25, 0.3) is 0 Å². The van der Waals surface area contributed by atoms with Crippen LogP contribution in [0.3, 0.4) is 0 Å². The Morgan fingerprint density at radius 3 is 2.15 bits per heavy atom. The summed E-state index contributed by atoms with van der Waals surface area (Å²) in [5, 5.41) is 9.94. The molecule has 4 rings (SSSR count). The second-order valence-corrected chi connectivity index (χ2v) is 8.05. The largest absolute Gasteiger partial charge is 0.393 e. The molecule has 1 N–H and O–H groups in total. The minimum Gasteiger partial charge on any atom is -0.393 e. The number of aliphatic hydroxyl groups excluding tert-OH is 1. The summed E-state index contributed by atoms with van der Waals surface area (Å²) < 4.78 is 5.75. The molecule has 20 heavy (non-hydrogen) atoms. The maximum atomic E-state index is 9.94.